The van der Waals surface area contributed by atoms with Gasteiger partial charge in [-0.3, -0.25) is 0 Å². The number of rotatable bonds is 5. The molecule has 216 valence electrons. The van der Waals surface area contributed by atoms with Gasteiger partial charge in [-0.1, -0.05) is 103 Å². The average molecular weight is 589 g/mol. The topological polar surface area (TPSA) is 29.3 Å². The Kier molecular flexibility index (Phi) is 6.14. The minimum absolute atomic E-state index is 0.636. The van der Waals surface area contributed by atoms with Crippen LogP contribution in [0.4, 0.5) is 17.1 Å². The summed E-state index contributed by atoms with van der Waals surface area (Å²) in [5.41, 5.74) is 8.28. The van der Waals surface area contributed by atoms with Crippen molar-refractivity contribution in [2.24, 2.45) is 0 Å². The summed E-state index contributed by atoms with van der Waals surface area (Å²) in [5.74, 6) is 0.636. The summed E-state index contributed by atoms with van der Waals surface area (Å²) < 4.78 is 5.99. The summed E-state index contributed by atoms with van der Waals surface area (Å²) in [4.78, 5) is 7.04. The Hall–Kier alpha value is -6.19. The van der Waals surface area contributed by atoms with E-state index < -0.39 is 0 Å². The summed E-state index contributed by atoms with van der Waals surface area (Å²) in [5, 5.41) is 7.36. The van der Waals surface area contributed by atoms with Gasteiger partial charge in [0.15, 0.2) is 5.58 Å². The van der Waals surface area contributed by atoms with Crippen molar-refractivity contribution in [3.63, 3.8) is 0 Å². The van der Waals surface area contributed by atoms with Gasteiger partial charge < -0.3 is 9.32 Å². The number of hydrogen-bond donors (Lipinski definition) is 0. The first-order valence-electron chi connectivity index (χ1n) is 15.5. The van der Waals surface area contributed by atoms with Crippen LogP contribution in [0.3, 0.4) is 0 Å². The van der Waals surface area contributed by atoms with Crippen LogP contribution in [-0.2, 0) is 0 Å². The second-order valence-electron chi connectivity index (χ2n) is 11.7. The van der Waals surface area contributed by atoms with Gasteiger partial charge >= 0.3 is 0 Å². The van der Waals surface area contributed by atoms with Crippen molar-refractivity contribution in [2.45, 2.75) is 0 Å². The molecule has 3 heteroatoms. The van der Waals surface area contributed by atoms with Crippen molar-refractivity contribution in [1.82, 2.24) is 4.98 Å². The first-order chi connectivity index (χ1) is 22.8. The van der Waals surface area contributed by atoms with E-state index in [1.807, 2.05) is 24.3 Å². The zero-order valence-electron chi connectivity index (χ0n) is 25.0. The molecule has 0 unspecified atom stereocenters. The quantitative estimate of drug-likeness (QED) is 0.187. The Balaban J connectivity index is 1.13. The molecule has 3 nitrogen and oxygen atoms in total. The number of oxazole rings is 1. The minimum Gasteiger partial charge on any atom is -0.436 e. The van der Waals surface area contributed by atoms with E-state index in [9.17, 15) is 0 Å². The molecule has 0 atom stereocenters. The zero-order chi connectivity index (χ0) is 30.5. The van der Waals surface area contributed by atoms with E-state index in [0.29, 0.717) is 5.89 Å². The Morgan fingerprint density at radius 1 is 0.413 bits per heavy atom. The maximum atomic E-state index is 5.99. The molecule has 1 aromatic heterocycles. The van der Waals surface area contributed by atoms with Crippen LogP contribution < -0.4 is 4.90 Å². The van der Waals surface area contributed by atoms with Crippen molar-refractivity contribution in [2.75, 3.05) is 4.90 Å². The van der Waals surface area contributed by atoms with Crippen LogP contribution in [0.1, 0.15) is 0 Å². The summed E-state index contributed by atoms with van der Waals surface area (Å²) >= 11 is 0. The number of aromatic nitrogens is 1. The normalized spacial score (nSPS) is 11.5. The summed E-state index contributed by atoms with van der Waals surface area (Å²) in [6.07, 6.45) is 0. The number of hydrogen-bond acceptors (Lipinski definition) is 3. The second kappa shape index (κ2) is 10.8. The molecule has 0 bridgehead atoms. The fourth-order valence-electron chi connectivity index (χ4n) is 6.49. The molecule has 9 rings (SSSR count). The van der Waals surface area contributed by atoms with Gasteiger partial charge in [0.25, 0.3) is 0 Å². The molecule has 1 heterocycles. The van der Waals surface area contributed by atoms with Crippen molar-refractivity contribution in [3.8, 4) is 22.6 Å². The van der Waals surface area contributed by atoms with Crippen LogP contribution in [0.2, 0.25) is 0 Å². The number of para-hydroxylation sites is 2. The molecule has 0 spiro atoms. The van der Waals surface area contributed by atoms with Gasteiger partial charge in [0.2, 0.25) is 5.89 Å². The van der Waals surface area contributed by atoms with Crippen molar-refractivity contribution in [1.29, 1.82) is 0 Å². The molecular formula is C43H28N2O. The standard InChI is InChI=1S/C43H28N2O/c1-2-10-34-27-38(25-22-29(34)8-1)45(41-14-7-12-36-26-33-9-3-4-11-35(33)28-39(36)41)37-23-20-31(21-24-37)30-16-18-32(19-17-30)43-44-40-13-5-6-15-42(40)46-43/h1-28H. The van der Waals surface area contributed by atoms with E-state index in [1.54, 1.807) is 0 Å². The molecule has 0 saturated heterocycles. The molecule has 0 aliphatic carbocycles. The zero-order valence-corrected chi connectivity index (χ0v) is 25.0. The third-order valence-corrected chi connectivity index (χ3v) is 8.84. The highest BCUT2D eigenvalue weighted by atomic mass is 16.3. The number of benzene rings is 8. The molecule has 0 aliphatic heterocycles. The Morgan fingerprint density at radius 2 is 1.00 bits per heavy atom. The lowest BCUT2D eigenvalue weighted by atomic mass is 10.00. The monoisotopic (exact) mass is 588 g/mol. The second-order valence-corrected chi connectivity index (χ2v) is 11.7. The maximum Gasteiger partial charge on any atom is 0.227 e. The van der Waals surface area contributed by atoms with E-state index in [4.69, 9.17) is 4.42 Å². The highest BCUT2D eigenvalue weighted by Gasteiger charge is 2.17. The smallest absolute Gasteiger partial charge is 0.227 e. The van der Waals surface area contributed by atoms with Crippen LogP contribution in [0.25, 0.3) is 66.0 Å². The first-order valence-corrected chi connectivity index (χ1v) is 15.5. The lowest BCUT2D eigenvalue weighted by Gasteiger charge is -2.27. The summed E-state index contributed by atoms with van der Waals surface area (Å²) in [7, 11) is 0. The van der Waals surface area contributed by atoms with Crippen LogP contribution in [0, 0.1) is 0 Å². The predicted octanol–water partition coefficient (Wildman–Crippen LogP) is 12.1. The van der Waals surface area contributed by atoms with Crippen molar-refractivity contribution >= 4 is 60.5 Å². The lowest BCUT2D eigenvalue weighted by molar-refractivity contribution is 0.620. The first kappa shape index (κ1) is 26.2. The third-order valence-electron chi connectivity index (χ3n) is 8.84. The fourth-order valence-corrected chi connectivity index (χ4v) is 6.49. The van der Waals surface area contributed by atoms with Crippen LogP contribution >= 0.6 is 0 Å². The van der Waals surface area contributed by atoms with E-state index in [-0.39, 0.29) is 0 Å². The molecule has 0 radical (unpaired) electrons. The van der Waals surface area contributed by atoms with Gasteiger partial charge in [-0.05, 0) is 105 Å². The number of nitrogens with zero attached hydrogens (tertiary/aromatic N) is 2. The summed E-state index contributed by atoms with van der Waals surface area (Å²) in [6.45, 7) is 0. The predicted molar refractivity (Wildman–Crippen MR) is 192 cm³/mol. The van der Waals surface area contributed by atoms with Gasteiger partial charge in [-0.2, -0.15) is 0 Å². The highest BCUT2D eigenvalue weighted by Crippen LogP contribution is 2.41. The van der Waals surface area contributed by atoms with E-state index in [1.165, 1.54) is 32.3 Å². The van der Waals surface area contributed by atoms with E-state index in [0.717, 1.165) is 44.9 Å². The minimum atomic E-state index is 0.636. The highest BCUT2D eigenvalue weighted by molar-refractivity contribution is 6.06. The molecule has 8 aromatic carbocycles. The summed E-state index contributed by atoms with van der Waals surface area (Å²) in [6, 6.07) is 60.2. The van der Waals surface area contributed by atoms with Crippen LogP contribution in [0.15, 0.2) is 174 Å². The van der Waals surface area contributed by atoms with E-state index >= 15 is 0 Å². The SMILES string of the molecule is c1ccc2cc(N(c3ccc(-c4ccc(-c5nc6ccccc6o5)cc4)cc3)c3cccc4cc5ccccc5cc34)ccc2c1. The van der Waals surface area contributed by atoms with Gasteiger partial charge in [0.1, 0.15) is 5.52 Å². The fraction of sp³-hybridized carbons (Fsp3) is 0. The van der Waals surface area contributed by atoms with Crippen LogP contribution in [-0.4, -0.2) is 4.98 Å². The molecule has 0 aliphatic rings. The molecule has 0 fully saturated rings. The molecule has 0 N–H and O–H groups in total. The van der Waals surface area contributed by atoms with Gasteiger partial charge in [0.05, 0.1) is 5.69 Å². The van der Waals surface area contributed by atoms with Gasteiger partial charge in [-0.25, -0.2) is 4.98 Å². The lowest BCUT2D eigenvalue weighted by Crippen LogP contribution is -2.10. The van der Waals surface area contributed by atoms with Crippen molar-refractivity contribution < 1.29 is 4.42 Å². The molecule has 9 aromatic rings. The van der Waals surface area contributed by atoms with Crippen molar-refractivity contribution in [3.05, 3.63) is 170 Å². The van der Waals surface area contributed by atoms with Gasteiger partial charge in [-0.15, -0.1) is 0 Å². The largest absolute Gasteiger partial charge is 0.436 e. The Morgan fingerprint density at radius 3 is 1.76 bits per heavy atom. The molecule has 46 heavy (non-hydrogen) atoms. The third kappa shape index (κ3) is 4.58. The van der Waals surface area contributed by atoms with E-state index in [2.05, 4.69) is 155 Å². The maximum absolute atomic E-state index is 5.99. The molecular weight excluding hydrogens is 560 g/mol. The number of anilines is 3. The Labute approximate surface area is 266 Å². The molecule has 0 saturated carbocycles. The molecule has 0 amide bonds. The average Bonchev–Trinajstić information content (AvgIpc) is 3.56. The van der Waals surface area contributed by atoms with Crippen LogP contribution in [0.5, 0.6) is 0 Å². The van der Waals surface area contributed by atoms with Gasteiger partial charge in [0, 0.05) is 22.3 Å². The number of fused-ring (bicyclic) bond motifs is 4. The Bertz CT molecular complexity index is 2490.